The van der Waals surface area contributed by atoms with Gasteiger partial charge in [0.05, 0.1) is 11.7 Å². The zero-order chi connectivity index (χ0) is 28.3. The fraction of sp³-hybridized carbons (Fsp3) is 0.250. The molecule has 2 N–H and O–H groups in total. The van der Waals surface area contributed by atoms with Crippen LogP contribution in [0.2, 0.25) is 5.02 Å². The SMILES string of the molecule is CCCc1cc(=O)n2c(C(=O)Nc3cccc(C(=O)OC(C)C)c3)c(C(=O)Nc3ccc(Cl)cc3C)sc2n1. The van der Waals surface area contributed by atoms with E-state index in [2.05, 4.69) is 15.6 Å². The molecule has 4 aromatic rings. The van der Waals surface area contributed by atoms with Gasteiger partial charge < -0.3 is 15.4 Å². The molecule has 0 saturated heterocycles. The molecule has 2 heterocycles. The topological polar surface area (TPSA) is 119 Å². The number of carbonyl (C=O) groups excluding carboxylic acids is 3. The average molecular weight is 567 g/mol. The monoisotopic (exact) mass is 566 g/mol. The van der Waals surface area contributed by atoms with E-state index in [0.717, 1.165) is 27.7 Å². The van der Waals surface area contributed by atoms with E-state index < -0.39 is 23.3 Å². The minimum Gasteiger partial charge on any atom is -0.459 e. The van der Waals surface area contributed by atoms with Crippen LogP contribution in [-0.4, -0.2) is 33.3 Å². The number of nitrogens with one attached hydrogen (secondary N) is 2. The largest absolute Gasteiger partial charge is 0.459 e. The second-order valence-electron chi connectivity index (χ2n) is 9.14. The molecular weight excluding hydrogens is 540 g/mol. The lowest BCUT2D eigenvalue weighted by atomic mass is 10.2. The van der Waals surface area contributed by atoms with Crippen LogP contribution in [-0.2, 0) is 11.2 Å². The van der Waals surface area contributed by atoms with Gasteiger partial charge in [-0.15, -0.1) is 0 Å². The molecule has 4 rings (SSSR count). The highest BCUT2D eigenvalue weighted by molar-refractivity contribution is 7.19. The molecule has 0 aliphatic carbocycles. The number of esters is 1. The third-order valence-corrected chi connectivity index (χ3v) is 6.91. The molecule has 0 radical (unpaired) electrons. The van der Waals surface area contributed by atoms with Crippen LogP contribution in [0.25, 0.3) is 4.96 Å². The first-order chi connectivity index (χ1) is 18.6. The Morgan fingerprint density at radius 1 is 1.08 bits per heavy atom. The molecular formula is C28H27ClN4O5S. The molecule has 2 aromatic carbocycles. The van der Waals surface area contributed by atoms with Crippen LogP contribution in [0.4, 0.5) is 11.4 Å². The summed E-state index contributed by atoms with van der Waals surface area (Å²) >= 11 is 6.99. The maximum atomic E-state index is 13.6. The summed E-state index contributed by atoms with van der Waals surface area (Å²) in [6.45, 7) is 7.23. The Morgan fingerprint density at radius 3 is 2.54 bits per heavy atom. The first-order valence-corrected chi connectivity index (χ1v) is 13.5. The van der Waals surface area contributed by atoms with Crippen LogP contribution >= 0.6 is 22.9 Å². The third-order valence-electron chi connectivity index (χ3n) is 5.64. The van der Waals surface area contributed by atoms with Gasteiger partial charge in [0.2, 0.25) is 0 Å². The van der Waals surface area contributed by atoms with E-state index in [0.29, 0.717) is 28.5 Å². The summed E-state index contributed by atoms with van der Waals surface area (Å²) in [5.41, 5.74) is 1.73. The number of amides is 2. The molecule has 39 heavy (non-hydrogen) atoms. The zero-order valence-corrected chi connectivity index (χ0v) is 23.4. The number of ether oxygens (including phenoxy) is 1. The number of hydrogen-bond donors (Lipinski definition) is 2. The number of anilines is 2. The van der Waals surface area contributed by atoms with Crippen LogP contribution in [0.1, 0.15) is 69.0 Å². The number of nitrogens with zero attached hydrogens (tertiary/aromatic N) is 2. The van der Waals surface area contributed by atoms with Gasteiger partial charge in [-0.1, -0.05) is 42.3 Å². The van der Waals surface area contributed by atoms with E-state index in [-0.39, 0.29) is 27.2 Å². The van der Waals surface area contributed by atoms with E-state index in [4.69, 9.17) is 16.3 Å². The van der Waals surface area contributed by atoms with Crippen molar-refractivity contribution in [1.29, 1.82) is 0 Å². The normalized spacial score (nSPS) is 11.0. The lowest BCUT2D eigenvalue weighted by Crippen LogP contribution is -2.25. The summed E-state index contributed by atoms with van der Waals surface area (Å²) in [6, 6.07) is 12.6. The predicted octanol–water partition coefficient (Wildman–Crippen LogP) is 5.74. The van der Waals surface area contributed by atoms with E-state index in [1.807, 2.05) is 6.92 Å². The van der Waals surface area contributed by atoms with Crippen molar-refractivity contribution in [2.24, 2.45) is 0 Å². The number of carbonyl (C=O) groups is 3. The molecule has 0 atom stereocenters. The molecule has 202 valence electrons. The maximum absolute atomic E-state index is 13.6. The highest BCUT2D eigenvalue weighted by Crippen LogP contribution is 2.26. The van der Waals surface area contributed by atoms with Gasteiger partial charge in [-0.3, -0.25) is 14.4 Å². The van der Waals surface area contributed by atoms with E-state index in [9.17, 15) is 19.2 Å². The van der Waals surface area contributed by atoms with Gasteiger partial charge >= 0.3 is 5.97 Å². The van der Waals surface area contributed by atoms with Gasteiger partial charge in [-0.05, 0) is 69.2 Å². The molecule has 9 nitrogen and oxygen atoms in total. The molecule has 2 aromatic heterocycles. The summed E-state index contributed by atoms with van der Waals surface area (Å²) in [5.74, 6) is -1.82. The Labute approximate surface area is 233 Å². The molecule has 2 amide bonds. The van der Waals surface area contributed by atoms with Crippen molar-refractivity contribution in [1.82, 2.24) is 9.38 Å². The second-order valence-corrected chi connectivity index (χ2v) is 10.5. The third kappa shape index (κ3) is 6.35. The van der Waals surface area contributed by atoms with Gasteiger partial charge in [-0.2, -0.15) is 0 Å². The first-order valence-electron chi connectivity index (χ1n) is 12.3. The number of thiazole rings is 1. The van der Waals surface area contributed by atoms with Crippen LogP contribution in [0.5, 0.6) is 0 Å². The standard InChI is InChI=1S/C28H27ClN4O5S/c1-5-7-19-14-22(34)33-23(25(35)30-20-9-6-8-17(13-20)27(37)38-15(2)3)24(39-28(33)31-19)26(36)32-21-11-10-18(29)12-16(21)4/h6,8-15H,5,7H2,1-4H3,(H,30,35)(H,32,36). The molecule has 0 saturated carbocycles. The van der Waals surface area contributed by atoms with Crippen LogP contribution in [0.15, 0.2) is 53.3 Å². The fourth-order valence-electron chi connectivity index (χ4n) is 3.91. The van der Waals surface area contributed by atoms with Crippen LogP contribution in [0.3, 0.4) is 0 Å². The van der Waals surface area contributed by atoms with Crippen molar-refractivity contribution in [3.05, 3.63) is 91.3 Å². The van der Waals surface area contributed by atoms with Gasteiger partial charge in [-0.25, -0.2) is 14.2 Å². The summed E-state index contributed by atoms with van der Waals surface area (Å²) in [4.78, 5) is 57.3. The number of fused-ring (bicyclic) bond motifs is 1. The molecule has 0 aliphatic rings. The molecule has 0 unspecified atom stereocenters. The zero-order valence-electron chi connectivity index (χ0n) is 21.8. The van der Waals surface area contributed by atoms with E-state index >= 15 is 0 Å². The average Bonchev–Trinajstić information content (AvgIpc) is 3.26. The lowest BCUT2D eigenvalue weighted by molar-refractivity contribution is 0.0377. The first kappa shape index (κ1) is 28.0. The molecule has 0 bridgehead atoms. The molecule has 0 fully saturated rings. The Balaban J connectivity index is 1.76. The fourth-order valence-corrected chi connectivity index (χ4v) is 5.18. The number of rotatable bonds is 8. The number of hydrogen-bond acceptors (Lipinski definition) is 7. The summed E-state index contributed by atoms with van der Waals surface area (Å²) in [7, 11) is 0. The van der Waals surface area contributed by atoms with Gasteiger partial charge in [0.25, 0.3) is 17.4 Å². The van der Waals surface area contributed by atoms with Gasteiger partial charge in [0.15, 0.2) is 4.96 Å². The number of benzene rings is 2. The Hall–Kier alpha value is -4.02. The number of halogens is 1. The van der Waals surface area contributed by atoms with E-state index in [1.54, 1.807) is 57.2 Å². The smallest absolute Gasteiger partial charge is 0.338 e. The van der Waals surface area contributed by atoms with Crippen molar-refractivity contribution >= 4 is 57.1 Å². The van der Waals surface area contributed by atoms with Crippen molar-refractivity contribution in [2.75, 3.05) is 10.6 Å². The second kappa shape index (κ2) is 11.8. The molecule has 0 spiro atoms. The highest BCUT2D eigenvalue weighted by Gasteiger charge is 2.27. The Kier molecular flexibility index (Phi) is 8.47. The quantitative estimate of drug-likeness (QED) is 0.262. The number of aromatic nitrogens is 2. The summed E-state index contributed by atoms with van der Waals surface area (Å²) in [5, 5.41) is 6.03. The predicted molar refractivity (Wildman–Crippen MR) is 152 cm³/mol. The minimum absolute atomic E-state index is 0.00969. The minimum atomic E-state index is -0.708. The highest BCUT2D eigenvalue weighted by atomic mass is 35.5. The number of aryl methyl sites for hydroxylation is 2. The lowest BCUT2D eigenvalue weighted by Gasteiger charge is -2.11. The van der Waals surface area contributed by atoms with Crippen molar-refractivity contribution in [3.63, 3.8) is 0 Å². The Bertz CT molecular complexity index is 1640. The maximum Gasteiger partial charge on any atom is 0.338 e. The van der Waals surface area contributed by atoms with Crippen LogP contribution in [0, 0.1) is 6.92 Å². The van der Waals surface area contributed by atoms with Crippen molar-refractivity contribution in [2.45, 2.75) is 46.6 Å². The van der Waals surface area contributed by atoms with Crippen LogP contribution < -0.4 is 16.2 Å². The molecule has 11 heteroatoms. The van der Waals surface area contributed by atoms with Crippen molar-refractivity contribution in [3.8, 4) is 0 Å². The Morgan fingerprint density at radius 2 is 1.85 bits per heavy atom. The van der Waals surface area contributed by atoms with E-state index in [1.165, 1.54) is 12.1 Å². The summed E-state index contributed by atoms with van der Waals surface area (Å²) < 4.78 is 6.37. The van der Waals surface area contributed by atoms with Crippen molar-refractivity contribution < 1.29 is 19.1 Å². The van der Waals surface area contributed by atoms with Gasteiger partial charge in [0.1, 0.15) is 10.6 Å². The molecule has 0 aliphatic heterocycles. The summed E-state index contributed by atoms with van der Waals surface area (Å²) in [6.07, 6.45) is 1.05. The van der Waals surface area contributed by atoms with Gasteiger partial charge in [0, 0.05) is 28.2 Å².